The first-order valence-electron chi connectivity index (χ1n) is 5.59. The van der Waals surface area contributed by atoms with Crippen LogP contribution in [0.25, 0.3) is 0 Å². The Morgan fingerprint density at radius 1 is 1.56 bits per heavy atom. The van der Waals surface area contributed by atoms with Gasteiger partial charge in [0.25, 0.3) is 5.91 Å². The average molecular weight is 333 g/mol. The molecule has 0 aliphatic heterocycles. The maximum Gasteiger partial charge on any atom is 0.263 e. The molecule has 0 fully saturated rings. The highest BCUT2D eigenvalue weighted by Crippen LogP contribution is 2.28. The highest BCUT2D eigenvalue weighted by atomic mass is 79.9. The Kier molecular flexibility index (Phi) is 5.34. The van der Waals surface area contributed by atoms with Gasteiger partial charge in [0.15, 0.2) is 0 Å². The summed E-state index contributed by atoms with van der Waals surface area (Å²) >= 11 is 4.82. The predicted octanol–water partition coefficient (Wildman–Crippen LogP) is 2.27. The van der Waals surface area contributed by atoms with E-state index in [0.717, 1.165) is 9.35 Å². The smallest absolute Gasteiger partial charge is 0.263 e. The summed E-state index contributed by atoms with van der Waals surface area (Å²) in [5, 5.41) is 2.58. The molecule has 2 amide bonds. The molecule has 1 atom stereocenters. The van der Waals surface area contributed by atoms with Gasteiger partial charge >= 0.3 is 0 Å². The molecule has 100 valence electrons. The van der Waals surface area contributed by atoms with Crippen LogP contribution in [0.15, 0.2) is 9.85 Å². The van der Waals surface area contributed by atoms with Gasteiger partial charge in [0.05, 0.1) is 14.6 Å². The van der Waals surface area contributed by atoms with E-state index in [2.05, 4.69) is 21.2 Å². The van der Waals surface area contributed by atoms with E-state index >= 15 is 0 Å². The Bertz CT molecular complexity index is 439. The number of hydrogen-bond donors (Lipinski definition) is 1. The lowest BCUT2D eigenvalue weighted by atomic mass is 10.1. The SMILES string of the molecule is CNC(=O)C(C)CN(C)C(=O)c1cc(C)c(Br)s1. The first kappa shape index (κ1) is 15.2. The Morgan fingerprint density at radius 3 is 2.61 bits per heavy atom. The van der Waals surface area contributed by atoms with Crippen LogP contribution in [0.1, 0.15) is 22.2 Å². The van der Waals surface area contributed by atoms with Crippen LogP contribution in [0.4, 0.5) is 0 Å². The third-order valence-electron chi connectivity index (χ3n) is 2.66. The van der Waals surface area contributed by atoms with Crippen molar-refractivity contribution in [2.45, 2.75) is 13.8 Å². The van der Waals surface area contributed by atoms with E-state index in [9.17, 15) is 9.59 Å². The molecule has 1 aromatic rings. The summed E-state index contributed by atoms with van der Waals surface area (Å²) < 4.78 is 0.971. The largest absolute Gasteiger partial charge is 0.359 e. The summed E-state index contributed by atoms with van der Waals surface area (Å²) in [6.07, 6.45) is 0. The predicted molar refractivity (Wildman–Crippen MR) is 76.9 cm³/mol. The zero-order valence-corrected chi connectivity index (χ0v) is 13.3. The summed E-state index contributed by atoms with van der Waals surface area (Å²) in [4.78, 5) is 25.8. The number of carbonyl (C=O) groups is 2. The lowest BCUT2D eigenvalue weighted by molar-refractivity contribution is -0.124. The van der Waals surface area contributed by atoms with Crippen LogP contribution in [0.3, 0.4) is 0 Å². The Hall–Kier alpha value is -0.880. The summed E-state index contributed by atoms with van der Waals surface area (Å²) in [5.74, 6) is -0.323. The molecule has 0 radical (unpaired) electrons. The van der Waals surface area contributed by atoms with Crippen molar-refractivity contribution in [3.05, 3.63) is 20.3 Å². The molecule has 1 aromatic heterocycles. The number of nitrogens with zero attached hydrogens (tertiary/aromatic N) is 1. The average Bonchev–Trinajstić information content (AvgIpc) is 2.67. The Labute approximate surface area is 119 Å². The van der Waals surface area contributed by atoms with Crippen molar-refractivity contribution in [1.82, 2.24) is 10.2 Å². The zero-order valence-electron chi connectivity index (χ0n) is 10.9. The molecule has 0 spiro atoms. The van der Waals surface area contributed by atoms with Crippen LogP contribution in [-0.4, -0.2) is 37.4 Å². The standard InChI is InChI=1S/C12H17BrN2O2S/c1-7-5-9(18-10(7)13)12(17)15(4)6-8(2)11(16)14-3/h5,8H,6H2,1-4H3,(H,14,16). The van der Waals surface area contributed by atoms with Gasteiger partial charge in [0, 0.05) is 20.6 Å². The number of aryl methyl sites for hydroxylation is 1. The van der Waals surface area contributed by atoms with Crippen molar-refractivity contribution >= 4 is 39.1 Å². The highest BCUT2D eigenvalue weighted by molar-refractivity contribution is 9.11. The molecular formula is C12H17BrN2O2S. The summed E-state index contributed by atoms with van der Waals surface area (Å²) in [6.45, 7) is 4.16. The number of nitrogens with one attached hydrogen (secondary N) is 1. The van der Waals surface area contributed by atoms with Gasteiger partial charge < -0.3 is 10.2 Å². The normalized spacial score (nSPS) is 12.1. The van der Waals surface area contributed by atoms with Crippen molar-refractivity contribution in [3.8, 4) is 0 Å². The Morgan fingerprint density at radius 2 is 2.17 bits per heavy atom. The molecule has 0 aromatic carbocycles. The van der Waals surface area contributed by atoms with E-state index in [4.69, 9.17) is 0 Å². The van der Waals surface area contributed by atoms with Crippen LogP contribution >= 0.6 is 27.3 Å². The van der Waals surface area contributed by atoms with Gasteiger partial charge in [-0.05, 0) is 34.5 Å². The van der Waals surface area contributed by atoms with Crippen LogP contribution in [0.2, 0.25) is 0 Å². The van der Waals surface area contributed by atoms with E-state index in [-0.39, 0.29) is 17.7 Å². The highest BCUT2D eigenvalue weighted by Gasteiger charge is 2.20. The first-order chi connectivity index (χ1) is 8.36. The van der Waals surface area contributed by atoms with Crippen molar-refractivity contribution in [1.29, 1.82) is 0 Å². The molecule has 1 unspecified atom stereocenters. The molecule has 1 N–H and O–H groups in total. The van der Waals surface area contributed by atoms with Crippen LogP contribution in [0.5, 0.6) is 0 Å². The van der Waals surface area contributed by atoms with Gasteiger partial charge in [0.2, 0.25) is 5.91 Å². The lowest BCUT2D eigenvalue weighted by Gasteiger charge is -2.20. The topological polar surface area (TPSA) is 49.4 Å². The Balaban J connectivity index is 2.70. The number of rotatable bonds is 4. The summed E-state index contributed by atoms with van der Waals surface area (Å²) in [7, 11) is 3.31. The zero-order chi connectivity index (χ0) is 13.9. The maximum absolute atomic E-state index is 12.1. The van der Waals surface area contributed by atoms with Crippen molar-refractivity contribution in [3.63, 3.8) is 0 Å². The first-order valence-corrected chi connectivity index (χ1v) is 7.20. The molecule has 1 heterocycles. The second-order valence-corrected chi connectivity index (χ2v) is 6.64. The van der Waals surface area contributed by atoms with Gasteiger partial charge in [-0.1, -0.05) is 6.92 Å². The van der Waals surface area contributed by atoms with E-state index in [1.807, 2.05) is 13.0 Å². The minimum absolute atomic E-state index is 0.0513. The summed E-state index contributed by atoms with van der Waals surface area (Å²) in [5.41, 5.74) is 1.05. The second kappa shape index (κ2) is 6.33. The van der Waals surface area contributed by atoms with E-state index in [0.29, 0.717) is 11.4 Å². The van der Waals surface area contributed by atoms with E-state index in [1.54, 1.807) is 25.9 Å². The molecule has 0 aliphatic carbocycles. The quantitative estimate of drug-likeness (QED) is 0.919. The van der Waals surface area contributed by atoms with Crippen LogP contribution in [0, 0.1) is 12.8 Å². The summed E-state index contributed by atoms with van der Waals surface area (Å²) in [6, 6.07) is 1.86. The molecule has 4 nitrogen and oxygen atoms in total. The molecule has 0 aliphatic rings. The maximum atomic E-state index is 12.1. The minimum atomic E-state index is -0.214. The lowest BCUT2D eigenvalue weighted by Crippen LogP contribution is -2.37. The molecule has 1 rings (SSSR count). The molecule has 0 saturated carbocycles. The van der Waals surface area contributed by atoms with Crippen molar-refractivity contribution in [2.24, 2.45) is 5.92 Å². The number of thiophene rings is 1. The van der Waals surface area contributed by atoms with E-state index in [1.165, 1.54) is 11.3 Å². The number of hydrogen-bond acceptors (Lipinski definition) is 3. The number of amides is 2. The molecule has 0 saturated heterocycles. The second-order valence-electron chi connectivity index (χ2n) is 4.27. The van der Waals surface area contributed by atoms with Crippen molar-refractivity contribution in [2.75, 3.05) is 20.6 Å². The minimum Gasteiger partial charge on any atom is -0.359 e. The van der Waals surface area contributed by atoms with Crippen LogP contribution in [-0.2, 0) is 4.79 Å². The van der Waals surface area contributed by atoms with E-state index < -0.39 is 0 Å². The fourth-order valence-corrected chi connectivity index (χ4v) is 3.11. The number of halogens is 1. The van der Waals surface area contributed by atoms with Gasteiger partial charge in [-0.25, -0.2) is 0 Å². The third kappa shape index (κ3) is 3.55. The third-order valence-corrected chi connectivity index (χ3v) is 4.78. The molecule has 18 heavy (non-hydrogen) atoms. The van der Waals surface area contributed by atoms with Gasteiger partial charge in [-0.3, -0.25) is 9.59 Å². The van der Waals surface area contributed by atoms with Gasteiger partial charge in [-0.15, -0.1) is 11.3 Å². The fourth-order valence-electron chi connectivity index (χ4n) is 1.58. The number of carbonyl (C=O) groups excluding carboxylic acids is 2. The van der Waals surface area contributed by atoms with Crippen molar-refractivity contribution < 1.29 is 9.59 Å². The fraction of sp³-hybridized carbons (Fsp3) is 0.500. The van der Waals surface area contributed by atoms with Gasteiger partial charge in [-0.2, -0.15) is 0 Å². The molecule has 6 heteroatoms. The molecular weight excluding hydrogens is 316 g/mol. The van der Waals surface area contributed by atoms with Gasteiger partial charge in [0.1, 0.15) is 0 Å². The molecule has 0 bridgehead atoms. The monoisotopic (exact) mass is 332 g/mol. The van der Waals surface area contributed by atoms with Crippen LogP contribution < -0.4 is 5.32 Å².